The summed E-state index contributed by atoms with van der Waals surface area (Å²) in [6, 6.07) is 11.3. The van der Waals surface area contributed by atoms with Gasteiger partial charge in [0.05, 0.1) is 38.0 Å². The minimum absolute atomic E-state index is 0.00403. The van der Waals surface area contributed by atoms with E-state index < -0.39 is 17.7 Å². The van der Waals surface area contributed by atoms with Crippen molar-refractivity contribution in [3.05, 3.63) is 71.8 Å². The van der Waals surface area contributed by atoms with Crippen LogP contribution in [0.15, 0.2) is 60.7 Å². The zero-order valence-corrected chi connectivity index (χ0v) is 23.4. The monoisotopic (exact) mass is 550 g/mol. The largest absolute Gasteiger partial charge is 0.507 e. The van der Waals surface area contributed by atoms with Gasteiger partial charge in [0.15, 0.2) is 11.5 Å². The van der Waals surface area contributed by atoms with Gasteiger partial charge in [-0.05, 0) is 62.2 Å². The van der Waals surface area contributed by atoms with Gasteiger partial charge in [-0.3, -0.25) is 14.5 Å². The van der Waals surface area contributed by atoms with Crippen LogP contribution in [0.2, 0.25) is 0 Å². The number of aliphatic hydroxyl groups excluding tert-OH is 1. The van der Waals surface area contributed by atoms with Crippen molar-refractivity contribution in [2.24, 2.45) is 0 Å². The SMILES string of the molecule is C=CCOc1ccc(C2/C(=C(\O)c3ccc(OC(C)C)cc3)C(=O)C(=O)N2CCCN2CCOCC2)cc1OC. The normalized spacial score (nSPS) is 19.2. The Balaban J connectivity index is 1.70. The van der Waals surface area contributed by atoms with Gasteiger partial charge in [-0.1, -0.05) is 18.7 Å². The molecule has 2 heterocycles. The molecular formula is C31H38N2O7. The quantitative estimate of drug-likeness (QED) is 0.182. The number of carbonyl (C=O) groups excluding carboxylic acids is 2. The number of methoxy groups -OCH3 is 1. The van der Waals surface area contributed by atoms with Gasteiger partial charge in [0.25, 0.3) is 11.7 Å². The molecule has 1 atom stereocenters. The second-order valence-electron chi connectivity index (χ2n) is 10.0. The van der Waals surface area contributed by atoms with E-state index in [1.54, 1.807) is 53.4 Å². The number of nitrogens with zero attached hydrogens (tertiary/aromatic N) is 2. The predicted molar refractivity (Wildman–Crippen MR) is 152 cm³/mol. The van der Waals surface area contributed by atoms with Crippen LogP contribution < -0.4 is 14.2 Å². The molecule has 214 valence electrons. The molecule has 2 aromatic rings. The fraction of sp³-hybridized carbons (Fsp3) is 0.419. The molecule has 1 unspecified atom stereocenters. The first kappa shape index (κ1) is 29.2. The molecule has 2 saturated heterocycles. The summed E-state index contributed by atoms with van der Waals surface area (Å²) in [5.41, 5.74) is 1.09. The minimum atomic E-state index is -0.793. The van der Waals surface area contributed by atoms with E-state index in [-0.39, 0.29) is 17.4 Å². The molecule has 0 spiro atoms. The number of carbonyl (C=O) groups is 2. The van der Waals surface area contributed by atoms with E-state index in [0.29, 0.717) is 61.2 Å². The van der Waals surface area contributed by atoms with Gasteiger partial charge in [-0.25, -0.2) is 0 Å². The van der Waals surface area contributed by atoms with Gasteiger partial charge in [0, 0.05) is 31.7 Å². The number of benzene rings is 2. The van der Waals surface area contributed by atoms with Crippen molar-refractivity contribution in [1.29, 1.82) is 0 Å². The number of hydrogen-bond acceptors (Lipinski definition) is 8. The number of likely N-dealkylation sites (tertiary alicyclic amines) is 1. The number of Topliss-reactive ketones (excluding diaryl/α,β-unsaturated/α-hetero) is 1. The third-order valence-electron chi connectivity index (χ3n) is 6.88. The van der Waals surface area contributed by atoms with Crippen molar-refractivity contribution in [3.8, 4) is 17.2 Å². The average Bonchev–Trinajstić information content (AvgIpc) is 3.21. The predicted octanol–water partition coefficient (Wildman–Crippen LogP) is 4.19. The van der Waals surface area contributed by atoms with Gasteiger partial charge >= 0.3 is 0 Å². The minimum Gasteiger partial charge on any atom is -0.507 e. The molecule has 2 fully saturated rings. The van der Waals surface area contributed by atoms with Crippen LogP contribution in [0.1, 0.15) is 37.4 Å². The summed E-state index contributed by atoms with van der Waals surface area (Å²) in [4.78, 5) is 30.6. The van der Waals surface area contributed by atoms with Crippen LogP contribution in [0, 0.1) is 0 Å². The molecule has 0 bridgehead atoms. The summed E-state index contributed by atoms with van der Waals surface area (Å²) in [6.45, 7) is 12.0. The number of ether oxygens (including phenoxy) is 4. The van der Waals surface area contributed by atoms with Crippen LogP contribution in [0.3, 0.4) is 0 Å². The standard InChI is InChI=1S/C31H38N2O7/c1-5-17-39-25-12-9-23(20-26(25)37-4)28-27(29(34)22-7-10-24(11-8-22)40-21(2)3)30(35)31(36)33(28)14-6-13-32-15-18-38-19-16-32/h5,7-12,20-21,28,34H,1,6,13-19H2,2-4H3/b29-27+. The molecule has 2 aliphatic heterocycles. The molecule has 0 aromatic heterocycles. The lowest BCUT2D eigenvalue weighted by atomic mass is 9.95. The zero-order chi connectivity index (χ0) is 28.6. The van der Waals surface area contributed by atoms with Crippen molar-refractivity contribution in [2.75, 3.05) is 53.1 Å². The Morgan fingerprint density at radius 3 is 2.48 bits per heavy atom. The van der Waals surface area contributed by atoms with Crippen LogP contribution in [-0.4, -0.2) is 85.8 Å². The smallest absolute Gasteiger partial charge is 0.295 e. The van der Waals surface area contributed by atoms with Crippen LogP contribution in [0.25, 0.3) is 5.76 Å². The number of aliphatic hydroxyl groups is 1. The molecule has 9 nitrogen and oxygen atoms in total. The van der Waals surface area contributed by atoms with Crippen molar-refractivity contribution < 1.29 is 33.6 Å². The first-order chi connectivity index (χ1) is 19.3. The molecule has 40 heavy (non-hydrogen) atoms. The van der Waals surface area contributed by atoms with Crippen molar-refractivity contribution in [2.45, 2.75) is 32.4 Å². The molecule has 0 aliphatic carbocycles. The highest BCUT2D eigenvalue weighted by atomic mass is 16.5. The molecule has 2 aliphatic rings. The molecule has 9 heteroatoms. The first-order valence-electron chi connectivity index (χ1n) is 13.6. The van der Waals surface area contributed by atoms with Crippen molar-refractivity contribution in [3.63, 3.8) is 0 Å². The number of amides is 1. The Kier molecular flexibility index (Phi) is 9.84. The molecular weight excluding hydrogens is 512 g/mol. The fourth-order valence-corrected chi connectivity index (χ4v) is 4.99. The molecule has 1 N–H and O–H groups in total. The third kappa shape index (κ3) is 6.66. The Morgan fingerprint density at radius 1 is 1.10 bits per heavy atom. The maximum Gasteiger partial charge on any atom is 0.295 e. The van der Waals surface area contributed by atoms with E-state index in [1.165, 1.54) is 7.11 Å². The van der Waals surface area contributed by atoms with Crippen molar-refractivity contribution in [1.82, 2.24) is 9.80 Å². The molecule has 0 radical (unpaired) electrons. The summed E-state index contributed by atoms with van der Waals surface area (Å²) in [5.74, 6) is 0.0127. The average molecular weight is 551 g/mol. The van der Waals surface area contributed by atoms with Gasteiger partial charge in [-0.15, -0.1) is 0 Å². The van der Waals surface area contributed by atoms with E-state index in [1.807, 2.05) is 13.8 Å². The van der Waals surface area contributed by atoms with Gasteiger partial charge < -0.3 is 29.0 Å². The van der Waals surface area contributed by atoms with Crippen molar-refractivity contribution >= 4 is 17.4 Å². The Labute approximate surface area is 235 Å². The second kappa shape index (κ2) is 13.5. The topological polar surface area (TPSA) is 97.8 Å². The number of ketones is 1. The van der Waals surface area contributed by atoms with Gasteiger partial charge in [-0.2, -0.15) is 0 Å². The molecule has 0 saturated carbocycles. The van der Waals surface area contributed by atoms with Crippen LogP contribution in [0.4, 0.5) is 0 Å². The lowest BCUT2D eigenvalue weighted by Gasteiger charge is -2.29. The van der Waals surface area contributed by atoms with E-state index in [0.717, 1.165) is 19.6 Å². The third-order valence-corrected chi connectivity index (χ3v) is 6.88. The van der Waals surface area contributed by atoms with E-state index in [4.69, 9.17) is 18.9 Å². The lowest BCUT2D eigenvalue weighted by Crippen LogP contribution is -2.39. The van der Waals surface area contributed by atoms with E-state index in [2.05, 4.69) is 11.5 Å². The van der Waals surface area contributed by atoms with Crippen LogP contribution >= 0.6 is 0 Å². The molecule has 4 rings (SSSR count). The van der Waals surface area contributed by atoms with Gasteiger partial charge in [0.2, 0.25) is 0 Å². The highest BCUT2D eigenvalue weighted by Crippen LogP contribution is 2.42. The lowest BCUT2D eigenvalue weighted by molar-refractivity contribution is -0.140. The zero-order valence-electron chi connectivity index (χ0n) is 23.4. The Bertz CT molecular complexity index is 1230. The van der Waals surface area contributed by atoms with Gasteiger partial charge in [0.1, 0.15) is 18.1 Å². The maximum absolute atomic E-state index is 13.4. The van der Waals surface area contributed by atoms with E-state index in [9.17, 15) is 14.7 Å². The summed E-state index contributed by atoms with van der Waals surface area (Å²) in [6.07, 6.45) is 2.30. The summed E-state index contributed by atoms with van der Waals surface area (Å²) < 4.78 is 22.4. The summed E-state index contributed by atoms with van der Waals surface area (Å²) in [7, 11) is 1.53. The Hall–Kier alpha value is -3.82. The second-order valence-corrected chi connectivity index (χ2v) is 10.0. The number of hydrogen-bond donors (Lipinski definition) is 1. The molecule has 1 amide bonds. The summed E-state index contributed by atoms with van der Waals surface area (Å²) in [5, 5.41) is 11.4. The highest BCUT2D eigenvalue weighted by Gasteiger charge is 2.46. The first-order valence-corrected chi connectivity index (χ1v) is 13.6. The summed E-state index contributed by atoms with van der Waals surface area (Å²) >= 11 is 0. The fourth-order valence-electron chi connectivity index (χ4n) is 4.99. The number of morpholine rings is 1. The Morgan fingerprint density at radius 2 is 1.82 bits per heavy atom. The van der Waals surface area contributed by atoms with Crippen LogP contribution in [0.5, 0.6) is 17.2 Å². The number of rotatable bonds is 12. The highest BCUT2D eigenvalue weighted by molar-refractivity contribution is 6.46. The van der Waals surface area contributed by atoms with E-state index >= 15 is 0 Å². The molecule has 2 aromatic carbocycles. The maximum atomic E-state index is 13.4. The van der Waals surface area contributed by atoms with Crippen LogP contribution in [-0.2, 0) is 14.3 Å².